The summed E-state index contributed by atoms with van der Waals surface area (Å²) in [7, 11) is 0. The molecule has 82 valence electrons. The van der Waals surface area contributed by atoms with E-state index in [1.165, 1.54) is 17.2 Å². The zero-order chi connectivity index (χ0) is 11.0. The monoisotopic (exact) mass is 213 g/mol. The summed E-state index contributed by atoms with van der Waals surface area (Å²) in [6, 6.07) is 12.3. The number of phenols is 1. The lowest BCUT2D eigenvalue weighted by molar-refractivity contribution is 0.459. The molecule has 0 unspecified atom stereocenters. The maximum atomic E-state index is 10.0. The van der Waals surface area contributed by atoms with Crippen LogP contribution in [0.25, 0.3) is 10.8 Å². The summed E-state index contributed by atoms with van der Waals surface area (Å²) in [6.07, 6.45) is 2.30. The fourth-order valence-corrected chi connectivity index (χ4v) is 2.58. The number of aromatic hydroxyl groups is 1. The molecule has 2 heteroatoms. The molecule has 3 rings (SSSR count). The molecule has 1 aliphatic rings. The van der Waals surface area contributed by atoms with Crippen LogP contribution >= 0.6 is 0 Å². The lowest BCUT2D eigenvalue weighted by Crippen LogP contribution is -2.13. The number of fused-ring (bicyclic) bond motifs is 1. The first-order chi connectivity index (χ1) is 7.86. The lowest BCUT2D eigenvalue weighted by Gasteiger charge is -2.15. The minimum Gasteiger partial charge on any atom is -0.508 e. The Balaban J connectivity index is 2.23. The van der Waals surface area contributed by atoms with E-state index < -0.39 is 0 Å². The van der Waals surface area contributed by atoms with Crippen LogP contribution in [0.5, 0.6) is 5.75 Å². The molecule has 0 saturated carbocycles. The van der Waals surface area contributed by atoms with Gasteiger partial charge in [-0.05, 0) is 36.2 Å². The predicted molar refractivity (Wildman–Crippen MR) is 65.6 cm³/mol. The summed E-state index contributed by atoms with van der Waals surface area (Å²) in [5, 5.41) is 15.8. The third-order valence-electron chi connectivity index (χ3n) is 3.36. The van der Waals surface area contributed by atoms with E-state index in [0.717, 1.165) is 18.5 Å². The molecular weight excluding hydrogens is 198 g/mol. The van der Waals surface area contributed by atoms with E-state index >= 15 is 0 Å². The van der Waals surface area contributed by atoms with Gasteiger partial charge in [-0.2, -0.15) is 0 Å². The minimum absolute atomic E-state index is 0.311. The number of rotatable bonds is 1. The molecule has 0 amide bonds. The molecule has 0 bridgehead atoms. The second-order valence-electron chi connectivity index (χ2n) is 4.37. The van der Waals surface area contributed by atoms with Crippen LogP contribution in [0.1, 0.15) is 24.4 Å². The van der Waals surface area contributed by atoms with Crippen LogP contribution in [0.2, 0.25) is 0 Å². The molecule has 2 nitrogen and oxygen atoms in total. The van der Waals surface area contributed by atoms with E-state index in [1.54, 1.807) is 6.07 Å². The normalized spacial score (nSPS) is 20.4. The summed E-state index contributed by atoms with van der Waals surface area (Å²) in [5.74, 6) is 0.415. The largest absolute Gasteiger partial charge is 0.508 e. The second-order valence-corrected chi connectivity index (χ2v) is 4.37. The van der Waals surface area contributed by atoms with Crippen molar-refractivity contribution in [3.05, 3.63) is 42.0 Å². The standard InChI is InChI=1S/C14H15NO/c16-13-8-7-10-4-1-2-5-11(10)14(13)12-6-3-9-15-12/h1-2,4-5,7-8,12,15-16H,3,6,9H2/t12-/m1/s1. The maximum Gasteiger partial charge on any atom is 0.120 e. The highest BCUT2D eigenvalue weighted by Crippen LogP contribution is 2.35. The van der Waals surface area contributed by atoms with E-state index in [0.29, 0.717) is 11.8 Å². The van der Waals surface area contributed by atoms with Crippen molar-refractivity contribution in [3.63, 3.8) is 0 Å². The molecule has 1 fully saturated rings. The van der Waals surface area contributed by atoms with Crippen LogP contribution in [0.3, 0.4) is 0 Å². The van der Waals surface area contributed by atoms with Crippen LogP contribution in [0.4, 0.5) is 0 Å². The first-order valence-corrected chi connectivity index (χ1v) is 5.80. The van der Waals surface area contributed by atoms with Crippen molar-refractivity contribution >= 4 is 10.8 Å². The molecule has 0 radical (unpaired) electrons. The summed E-state index contributed by atoms with van der Waals surface area (Å²) in [4.78, 5) is 0. The van der Waals surface area contributed by atoms with Crippen molar-refractivity contribution in [2.45, 2.75) is 18.9 Å². The summed E-state index contributed by atoms with van der Waals surface area (Å²) in [6.45, 7) is 1.05. The number of phenolic OH excluding ortho intramolecular Hbond substituents is 1. The fraction of sp³-hybridized carbons (Fsp3) is 0.286. The number of nitrogens with one attached hydrogen (secondary N) is 1. The van der Waals surface area contributed by atoms with E-state index in [-0.39, 0.29) is 0 Å². The van der Waals surface area contributed by atoms with E-state index in [4.69, 9.17) is 0 Å². The van der Waals surface area contributed by atoms with Crippen molar-refractivity contribution in [1.82, 2.24) is 5.32 Å². The summed E-state index contributed by atoms with van der Waals surface area (Å²) in [5.41, 5.74) is 1.07. The van der Waals surface area contributed by atoms with Gasteiger partial charge in [-0.3, -0.25) is 0 Å². The van der Waals surface area contributed by atoms with Gasteiger partial charge in [-0.15, -0.1) is 0 Å². The number of hydrogen-bond donors (Lipinski definition) is 2. The van der Waals surface area contributed by atoms with Gasteiger partial charge in [0.15, 0.2) is 0 Å². The van der Waals surface area contributed by atoms with Gasteiger partial charge < -0.3 is 10.4 Å². The van der Waals surface area contributed by atoms with Crippen LogP contribution in [-0.2, 0) is 0 Å². The molecule has 16 heavy (non-hydrogen) atoms. The van der Waals surface area contributed by atoms with Gasteiger partial charge in [0.1, 0.15) is 5.75 Å². The van der Waals surface area contributed by atoms with Crippen LogP contribution in [-0.4, -0.2) is 11.7 Å². The molecule has 2 aromatic rings. The van der Waals surface area contributed by atoms with E-state index in [1.807, 2.05) is 18.2 Å². The molecule has 1 saturated heterocycles. The van der Waals surface area contributed by atoms with Crippen LogP contribution in [0.15, 0.2) is 36.4 Å². The van der Waals surface area contributed by atoms with Crippen LogP contribution in [0, 0.1) is 0 Å². The first kappa shape index (κ1) is 9.67. The second kappa shape index (κ2) is 3.80. The highest BCUT2D eigenvalue weighted by atomic mass is 16.3. The predicted octanol–water partition coefficient (Wildman–Crippen LogP) is 2.97. The average molecular weight is 213 g/mol. The Bertz CT molecular complexity index is 515. The topological polar surface area (TPSA) is 32.3 Å². The average Bonchev–Trinajstić information content (AvgIpc) is 2.82. The number of benzene rings is 2. The SMILES string of the molecule is Oc1ccc2ccccc2c1[C@H]1CCCN1. The fourth-order valence-electron chi connectivity index (χ4n) is 2.58. The first-order valence-electron chi connectivity index (χ1n) is 5.80. The Morgan fingerprint density at radius 1 is 1.12 bits per heavy atom. The van der Waals surface area contributed by atoms with Gasteiger partial charge in [-0.25, -0.2) is 0 Å². The van der Waals surface area contributed by atoms with Gasteiger partial charge in [0, 0.05) is 11.6 Å². The Morgan fingerprint density at radius 2 is 2.00 bits per heavy atom. The highest BCUT2D eigenvalue weighted by Gasteiger charge is 2.21. The Morgan fingerprint density at radius 3 is 2.81 bits per heavy atom. The highest BCUT2D eigenvalue weighted by molar-refractivity contribution is 5.88. The molecular formula is C14H15NO. The molecule has 0 aliphatic carbocycles. The Kier molecular flexibility index (Phi) is 2.29. The molecule has 0 aromatic heterocycles. The van der Waals surface area contributed by atoms with Crippen molar-refractivity contribution in [2.24, 2.45) is 0 Å². The summed E-state index contributed by atoms with van der Waals surface area (Å²) >= 11 is 0. The quantitative estimate of drug-likeness (QED) is 0.763. The smallest absolute Gasteiger partial charge is 0.120 e. The zero-order valence-electron chi connectivity index (χ0n) is 9.11. The van der Waals surface area contributed by atoms with Crippen molar-refractivity contribution in [2.75, 3.05) is 6.54 Å². The zero-order valence-corrected chi connectivity index (χ0v) is 9.11. The maximum absolute atomic E-state index is 10.0. The van der Waals surface area contributed by atoms with Gasteiger partial charge >= 0.3 is 0 Å². The van der Waals surface area contributed by atoms with Gasteiger partial charge in [-0.1, -0.05) is 30.3 Å². The number of hydrogen-bond acceptors (Lipinski definition) is 2. The van der Waals surface area contributed by atoms with E-state index in [9.17, 15) is 5.11 Å². The molecule has 2 N–H and O–H groups in total. The van der Waals surface area contributed by atoms with Crippen molar-refractivity contribution in [3.8, 4) is 5.75 Å². The molecule has 1 atom stereocenters. The molecule has 0 spiro atoms. The van der Waals surface area contributed by atoms with Crippen molar-refractivity contribution < 1.29 is 5.11 Å². The Hall–Kier alpha value is -1.54. The molecule has 1 heterocycles. The lowest BCUT2D eigenvalue weighted by atomic mass is 9.97. The molecule has 1 aliphatic heterocycles. The third kappa shape index (κ3) is 1.46. The summed E-state index contributed by atoms with van der Waals surface area (Å²) < 4.78 is 0. The van der Waals surface area contributed by atoms with Crippen LogP contribution < -0.4 is 5.32 Å². The minimum atomic E-state index is 0.311. The van der Waals surface area contributed by atoms with E-state index in [2.05, 4.69) is 17.4 Å². The van der Waals surface area contributed by atoms with Gasteiger partial charge in [0.25, 0.3) is 0 Å². The Labute approximate surface area is 94.9 Å². The van der Waals surface area contributed by atoms with Gasteiger partial charge in [0.2, 0.25) is 0 Å². The van der Waals surface area contributed by atoms with Crippen molar-refractivity contribution in [1.29, 1.82) is 0 Å². The molecule has 2 aromatic carbocycles. The third-order valence-corrected chi connectivity index (χ3v) is 3.36. The van der Waals surface area contributed by atoms with Gasteiger partial charge in [0.05, 0.1) is 0 Å².